The number of aryl methyl sites for hydroxylation is 1. The molecule has 1 aromatic heterocycles. The number of benzene rings is 1. The van der Waals surface area contributed by atoms with Crippen LogP contribution < -0.4 is 10.9 Å². The summed E-state index contributed by atoms with van der Waals surface area (Å²) in [5.41, 5.74) is 3.83. The van der Waals surface area contributed by atoms with E-state index in [0.717, 1.165) is 17.7 Å². The number of aromatic nitrogens is 2. The van der Waals surface area contributed by atoms with E-state index >= 15 is 0 Å². The number of amides is 1. The van der Waals surface area contributed by atoms with Crippen LogP contribution in [0.4, 0.5) is 0 Å². The Hall–Kier alpha value is -2.08. The number of hydrogen-bond donors (Lipinski definition) is 1. The highest BCUT2D eigenvalue weighted by Gasteiger charge is 2.20. The zero-order valence-electron chi connectivity index (χ0n) is 20.2. The highest BCUT2D eigenvalue weighted by molar-refractivity contribution is 8.00. The first kappa shape index (κ1) is 25.2. The van der Waals surface area contributed by atoms with Gasteiger partial charge < -0.3 is 5.32 Å². The van der Waals surface area contributed by atoms with E-state index in [4.69, 9.17) is 0 Å². The van der Waals surface area contributed by atoms with Gasteiger partial charge in [0.1, 0.15) is 0 Å². The molecule has 1 aromatic carbocycles. The summed E-state index contributed by atoms with van der Waals surface area (Å²) < 4.78 is 1.56. The van der Waals surface area contributed by atoms with E-state index in [1.54, 1.807) is 11.6 Å². The van der Waals surface area contributed by atoms with E-state index in [1.165, 1.54) is 17.3 Å². The Morgan fingerprint density at radius 2 is 1.77 bits per heavy atom. The van der Waals surface area contributed by atoms with Gasteiger partial charge in [0.15, 0.2) is 5.16 Å². The lowest BCUT2D eigenvalue weighted by Crippen LogP contribution is -2.33. The summed E-state index contributed by atoms with van der Waals surface area (Å²) in [5, 5.41) is 3.22. The van der Waals surface area contributed by atoms with Crippen LogP contribution in [0, 0.1) is 12.8 Å². The fourth-order valence-corrected chi connectivity index (χ4v) is 4.14. The van der Waals surface area contributed by atoms with Crippen LogP contribution >= 0.6 is 11.8 Å². The van der Waals surface area contributed by atoms with Gasteiger partial charge in [-0.15, -0.1) is 0 Å². The Balaban J connectivity index is 2.15. The van der Waals surface area contributed by atoms with Crippen molar-refractivity contribution in [2.45, 2.75) is 77.1 Å². The van der Waals surface area contributed by atoms with Gasteiger partial charge in [-0.1, -0.05) is 70.6 Å². The number of carbonyl (C=O) groups is 1. The quantitative estimate of drug-likeness (QED) is 0.478. The summed E-state index contributed by atoms with van der Waals surface area (Å²) >= 11 is 1.32. The van der Waals surface area contributed by atoms with Crippen molar-refractivity contribution >= 4 is 17.7 Å². The number of nitrogens with one attached hydrogen (secondary N) is 1. The zero-order valence-corrected chi connectivity index (χ0v) is 21.0. The number of carbonyl (C=O) groups excluding carboxylic acids is 1. The molecule has 1 N–H and O–H groups in total. The van der Waals surface area contributed by atoms with Crippen LogP contribution in [0.5, 0.6) is 0 Å². The second-order valence-electron chi connectivity index (χ2n) is 9.68. The second-order valence-corrected chi connectivity index (χ2v) is 11.0. The summed E-state index contributed by atoms with van der Waals surface area (Å²) in [5.74, 6) is 0.520. The molecule has 2 rings (SSSR count). The van der Waals surface area contributed by atoms with Gasteiger partial charge in [0.2, 0.25) is 5.91 Å². The van der Waals surface area contributed by atoms with E-state index < -0.39 is 0 Å². The SMILES string of the molecule is Cc1nc(SC(C)C(=O)NCCC(C)C)n(C)c(=O)c1Cc1ccc(C(C)(C)C)cc1. The van der Waals surface area contributed by atoms with Crippen molar-refractivity contribution in [1.29, 1.82) is 0 Å². The topological polar surface area (TPSA) is 64.0 Å². The largest absolute Gasteiger partial charge is 0.355 e. The molecule has 170 valence electrons. The zero-order chi connectivity index (χ0) is 23.3. The Labute approximate surface area is 191 Å². The Bertz CT molecular complexity index is 956. The van der Waals surface area contributed by atoms with E-state index in [2.05, 4.69) is 69.2 Å². The molecule has 6 heteroatoms. The molecule has 0 bridgehead atoms. The lowest BCUT2D eigenvalue weighted by atomic mass is 9.86. The molecule has 0 aliphatic carbocycles. The molecule has 1 unspecified atom stereocenters. The van der Waals surface area contributed by atoms with Gasteiger partial charge in [0.25, 0.3) is 5.56 Å². The average molecular weight is 444 g/mol. The number of thioether (sulfide) groups is 1. The first-order valence-corrected chi connectivity index (χ1v) is 11.9. The molecule has 1 heterocycles. The van der Waals surface area contributed by atoms with Crippen molar-refractivity contribution in [3.05, 3.63) is 57.0 Å². The minimum atomic E-state index is -0.319. The standard InChI is InChI=1S/C25H37N3O2S/c1-16(2)13-14-26-22(29)18(4)31-24-27-17(3)21(23(30)28(24)8)15-19-9-11-20(12-10-19)25(5,6)7/h9-12,16,18H,13-15H2,1-8H3,(H,26,29). The third-order valence-corrected chi connectivity index (χ3v) is 6.57. The van der Waals surface area contributed by atoms with E-state index in [9.17, 15) is 9.59 Å². The second kappa shape index (κ2) is 10.5. The molecule has 0 aliphatic heterocycles. The number of nitrogens with zero attached hydrogens (tertiary/aromatic N) is 2. The molecular formula is C25H37N3O2S. The average Bonchev–Trinajstić information content (AvgIpc) is 2.68. The Kier molecular flexibility index (Phi) is 8.52. The fraction of sp³-hybridized carbons (Fsp3) is 0.560. The third kappa shape index (κ3) is 6.96. The number of rotatable bonds is 8. The van der Waals surface area contributed by atoms with Crippen molar-refractivity contribution in [1.82, 2.24) is 14.9 Å². The maximum atomic E-state index is 13.0. The fourth-order valence-electron chi connectivity index (χ4n) is 3.21. The first-order valence-electron chi connectivity index (χ1n) is 11.0. The van der Waals surface area contributed by atoms with Crippen molar-refractivity contribution in [3.63, 3.8) is 0 Å². The van der Waals surface area contributed by atoms with Crippen molar-refractivity contribution in [2.24, 2.45) is 13.0 Å². The predicted octanol–water partition coefficient (Wildman–Crippen LogP) is 4.62. The van der Waals surface area contributed by atoms with Crippen molar-refractivity contribution < 1.29 is 4.79 Å². The molecule has 0 saturated heterocycles. The normalized spacial score (nSPS) is 12.8. The molecule has 0 fully saturated rings. The molecule has 1 amide bonds. The van der Waals surface area contributed by atoms with Crippen molar-refractivity contribution in [2.75, 3.05) is 6.54 Å². The lowest BCUT2D eigenvalue weighted by molar-refractivity contribution is -0.120. The molecule has 0 saturated carbocycles. The van der Waals surface area contributed by atoms with Gasteiger partial charge in [-0.3, -0.25) is 14.2 Å². The summed E-state index contributed by atoms with van der Waals surface area (Å²) in [4.78, 5) is 30.1. The number of hydrogen-bond acceptors (Lipinski definition) is 4. The highest BCUT2D eigenvalue weighted by atomic mass is 32.2. The predicted molar refractivity (Wildman–Crippen MR) is 130 cm³/mol. The Morgan fingerprint density at radius 3 is 2.32 bits per heavy atom. The molecule has 31 heavy (non-hydrogen) atoms. The van der Waals surface area contributed by atoms with Crippen LogP contribution in [0.15, 0.2) is 34.2 Å². The molecule has 2 aromatic rings. The van der Waals surface area contributed by atoms with E-state index in [-0.39, 0.29) is 22.1 Å². The molecule has 0 radical (unpaired) electrons. The molecule has 5 nitrogen and oxygen atoms in total. The van der Waals surface area contributed by atoms with Crippen LogP contribution in [0.3, 0.4) is 0 Å². The van der Waals surface area contributed by atoms with Crippen LogP contribution in [0.2, 0.25) is 0 Å². The first-order chi connectivity index (χ1) is 14.4. The van der Waals surface area contributed by atoms with E-state index in [1.807, 2.05) is 13.8 Å². The van der Waals surface area contributed by atoms with Gasteiger partial charge >= 0.3 is 0 Å². The third-order valence-electron chi connectivity index (χ3n) is 5.42. The van der Waals surface area contributed by atoms with E-state index in [0.29, 0.717) is 29.6 Å². The lowest BCUT2D eigenvalue weighted by Gasteiger charge is -2.19. The Morgan fingerprint density at radius 1 is 1.16 bits per heavy atom. The molecule has 1 atom stereocenters. The van der Waals surface area contributed by atoms with Crippen molar-refractivity contribution in [3.8, 4) is 0 Å². The van der Waals surface area contributed by atoms with Crippen LogP contribution in [0.25, 0.3) is 0 Å². The molecule has 0 spiro atoms. The maximum absolute atomic E-state index is 13.0. The smallest absolute Gasteiger partial charge is 0.257 e. The monoisotopic (exact) mass is 443 g/mol. The van der Waals surface area contributed by atoms with Gasteiger partial charge in [-0.25, -0.2) is 4.98 Å². The summed E-state index contributed by atoms with van der Waals surface area (Å²) in [6.45, 7) is 15.2. The van der Waals surface area contributed by atoms with Gasteiger partial charge in [0, 0.05) is 31.3 Å². The molecule has 0 aliphatic rings. The highest BCUT2D eigenvalue weighted by Crippen LogP contribution is 2.24. The van der Waals surface area contributed by atoms with Crippen LogP contribution in [-0.2, 0) is 23.7 Å². The minimum absolute atomic E-state index is 0.0273. The van der Waals surface area contributed by atoms with Crippen LogP contribution in [-0.4, -0.2) is 27.3 Å². The summed E-state index contributed by atoms with van der Waals surface area (Å²) in [7, 11) is 1.73. The maximum Gasteiger partial charge on any atom is 0.257 e. The molecular weight excluding hydrogens is 406 g/mol. The minimum Gasteiger partial charge on any atom is -0.355 e. The summed E-state index contributed by atoms with van der Waals surface area (Å²) in [6.07, 6.45) is 1.50. The van der Waals surface area contributed by atoms with Gasteiger partial charge in [-0.05, 0) is 42.7 Å². The van der Waals surface area contributed by atoms with Gasteiger partial charge in [0.05, 0.1) is 5.25 Å². The van der Waals surface area contributed by atoms with Crippen LogP contribution in [0.1, 0.15) is 70.3 Å². The van der Waals surface area contributed by atoms with Gasteiger partial charge in [-0.2, -0.15) is 0 Å². The summed E-state index contributed by atoms with van der Waals surface area (Å²) in [6, 6.07) is 8.44.